The van der Waals surface area contributed by atoms with Crippen LogP contribution in [0.3, 0.4) is 0 Å². The fraction of sp³-hybridized carbons (Fsp3) is 0.286. The van der Waals surface area contributed by atoms with Crippen LogP contribution in [0.5, 0.6) is 17.4 Å². The van der Waals surface area contributed by atoms with Crippen LogP contribution in [0.15, 0.2) is 35.1 Å². The van der Waals surface area contributed by atoms with Gasteiger partial charge in [0, 0.05) is 5.92 Å². The third-order valence-electron chi connectivity index (χ3n) is 2.98. The van der Waals surface area contributed by atoms with Gasteiger partial charge in [-0.15, -0.1) is 0 Å². The van der Waals surface area contributed by atoms with Gasteiger partial charge in [0.05, 0.1) is 13.2 Å². The number of para-hydroxylation sites is 2. The Hall–Kier alpha value is -2.30. The molecule has 5 nitrogen and oxygen atoms in total. The zero-order chi connectivity index (χ0) is 13.2. The minimum Gasteiger partial charge on any atom is -0.493 e. The van der Waals surface area contributed by atoms with E-state index >= 15 is 0 Å². The Morgan fingerprint density at radius 2 is 2.00 bits per heavy atom. The number of hydrogen-bond donors (Lipinski definition) is 1. The fourth-order valence-corrected chi connectivity index (χ4v) is 1.87. The fourth-order valence-electron chi connectivity index (χ4n) is 1.87. The van der Waals surface area contributed by atoms with Crippen LogP contribution >= 0.6 is 0 Å². The van der Waals surface area contributed by atoms with Crippen molar-refractivity contribution in [3.8, 4) is 17.4 Å². The molecule has 0 unspecified atom stereocenters. The number of H-pyrrole nitrogens is 1. The molecule has 1 saturated carbocycles. The summed E-state index contributed by atoms with van der Waals surface area (Å²) in [7, 11) is 1.57. The van der Waals surface area contributed by atoms with E-state index in [2.05, 4.69) is 9.97 Å². The molecule has 1 N–H and O–H groups in total. The van der Waals surface area contributed by atoms with Crippen LogP contribution < -0.4 is 15.0 Å². The molecule has 0 saturated heterocycles. The van der Waals surface area contributed by atoms with Crippen molar-refractivity contribution >= 4 is 0 Å². The molecular formula is C14H14N2O3. The monoisotopic (exact) mass is 258 g/mol. The maximum Gasteiger partial charge on any atom is 0.254 e. The van der Waals surface area contributed by atoms with Gasteiger partial charge >= 0.3 is 0 Å². The molecule has 98 valence electrons. The SMILES string of the molecule is COc1ccccc1Oc1cc(=O)[nH]c(C2CC2)n1. The summed E-state index contributed by atoms with van der Waals surface area (Å²) < 4.78 is 10.8. The predicted molar refractivity (Wildman–Crippen MR) is 69.9 cm³/mol. The third kappa shape index (κ3) is 2.59. The molecule has 0 amide bonds. The van der Waals surface area contributed by atoms with E-state index in [1.54, 1.807) is 19.2 Å². The van der Waals surface area contributed by atoms with Crippen molar-refractivity contribution in [3.05, 3.63) is 46.5 Å². The van der Waals surface area contributed by atoms with Crippen molar-refractivity contribution in [1.82, 2.24) is 9.97 Å². The van der Waals surface area contributed by atoms with Gasteiger partial charge in [-0.25, -0.2) is 0 Å². The Bertz CT molecular complexity index is 647. The van der Waals surface area contributed by atoms with Gasteiger partial charge in [-0.3, -0.25) is 4.79 Å². The number of nitrogens with zero attached hydrogens (tertiary/aromatic N) is 1. The van der Waals surface area contributed by atoms with E-state index in [1.807, 2.05) is 12.1 Å². The molecule has 2 aromatic rings. The van der Waals surface area contributed by atoms with E-state index in [1.165, 1.54) is 6.07 Å². The highest BCUT2D eigenvalue weighted by Gasteiger charge is 2.26. The number of methoxy groups -OCH3 is 1. The van der Waals surface area contributed by atoms with Crippen molar-refractivity contribution in [2.45, 2.75) is 18.8 Å². The van der Waals surface area contributed by atoms with E-state index in [4.69, 9.17) is 9.47 Å². The summed E-state index contributed by atoms with van der Waals surface area (Å²) in [5.74, 6) is 2.53. The van der Waals surface area contributed by atoms with Crippen LogP contribution in [0.1, 0.15) is 24.6 Å². The lowest BCUT2D eigenvalue weighted by Gasteiger charge is -2.09. The summed E-state index contributed by atoms with van der Waals surface area (Å²) in [4.78, 5) is 18.7. The Balaban J connectivity index is 1.92. The molecule has 0 atom stereocenters. The van der Waals surface area contributed by atoms with Crippen molar-refractivity contribution in [2.75, 3.05) is 7.11 Å². The van der Waals surface area contributed by atoms with Gasteiger partial charge in [-0.1, -0.05) is 12.1 Å². The highest BCUT2D eigenvalue weighted by Crippen LogP contribution is 2.38. The molecule has 3 rings (SSSR count). The van der Waals surface area contributed by atoms with Crippen LogP contribution in [0, 0.1) is 0 Å². The molecule has 1 aromatic heterocycles. The Labute approximate surface area is 110 Å². The molecule has 1 aliphatic rings. The highest BCUT2D eigenvalue weighted by atomic mass is 16.5. The zero-order valence-corrected chi connectivity index (χ0v) is 10.6. The zero-order valence-electron chi connectivity index (χ0n) is 10.6. The minimum absolute atomic E-state index is 0.193. The smallest absolute Gasteiger partial charge is 0.254 e. The maximum absolute atomic E-state index is 11.6. The van der Waals surface area contributed by atoms with E-state index < -0.39 is 0 Å². The molecule has 0 radical (unpaired) electrons. The van der Waals surface area contributed by atoms with Gasteiger partial charge in [0.1, 0.15) is 5.82 Å². The molecule has 1 heterocycles. The van der Waals surface area contributed by atoms with Crippen LogP contribution in [0.25, 0.3) is 0 Å². The number of aromatic amines is 1. The first-order valence-electron chi connectivity index (χ1n) is 6.18. The van der Waals surface area contributed by atoms with Gasteiger partial charge in [-0.05, 0) is 25.0 Å². The van der Waals surface area contributed by atoms with Gasteiger partial charge < -0.3 is 14.5 Å². The lowest BCUT2D eigenvalue weighted by atomic mass is 10.3. The first kappa shape index (κ1) is 11.8. The van der Waals surface area contributed by atoms with Crippen molar-refractivity contribution < 1.29 is 9.47 Å². The second-order valence-electron chi connectivity index (χ2n) is 4.50. The first-order chi connectivity index (χ1) is 9.26. The Morgan fingerprint density at radius 1 is 1.26 bits per heavy atom. The van der Waals surface area contributed by atoms with Crippen LogP contribution in [-0.2, 0) is 0 Å². The summed E-state index contributed by atoms with van der Waals surface area (Å²) in [6.07, 6.45) is 2.14. The quantitative estimate of drug-likeness (QED) is 0.914. The number of rotatable bonds is 4. The third-order valence-corrected chi connectivity index (χ3v) is 2.98. The molecule has 1 aliphatic carbocycles. The molecule has 19 heavy (non-hydrogen) atoms. The van der Waals surface area contributed by atoms with E-state index in [0.29, 0.717) is 29.1 Å². The topological polar surface area (TPSA) is 64.2 Å². The lowest BCUT2D eigenvalue weighted by molar-refractivity contribution is 0.373. The number of ether oxygens (including phenoxy) is 2. The van der Waals surface area contributed by atoms with Crippen LogP contribution in [0.4, 0.5) is 0 Å². The van der Waals surface area contributed by atoms with Gasteiger partial charge in [0.2, 0.25) is 5.88 Å². The highest BCUT2D eigenvalue weighted by molar-refractivity contribution is 5.41. The predicted octanol–water partition coefficient (Wildman–Crippen LogP) is 2.45. The average molecular weight is 258 g/mol. The lowest BCUT2D eigenvalue weighted by Crippen LogP contribution is -2.10. The van der Waals surface area contributed by atoms with Crippen molar-refractivity contribution in [3.63, 3.8) is 0 Å². The average Bonchev–Trinajstić information content (AvgIpc) is 3.23. The summed E-state index contributed by atoms with van der Waals surface area (Å²) >= 11 is 0. The van der Waals surface area contributed by atoms with Crippen molar-refractivity contribution in [2.24, 2.45) is 0 Å². The maximum atomic E-state index is 11.6. The Morgan fingerprint density at radius 3 is 2.68 bits per heavy atom. The molecule has 0 bridgehead atoms. The number of benzene rings is 1. The van der Waals surface area contributed by atoms with Gasteiger partial charge in [-0.2, -0.15) is 4.98 Å². The second-order valence-corrected chi connectivity index (χ2v) is 4.50. The van der Waals surface area contributed by atoms with Crippen LogP contribution in [0.2, 0.25) is 0 Å². The molecule has 1 aromatic carbocycles. The van der Waals surface area contributed by atoms with Gasteiger partial charge in [0.25, 0.3) is 5.56 Å². The van der Waals surface area contributed by atoms with Gasteiger partial charge in [0.15, 0.2) is 11.5 Å². The number of hydrogen-bond acceptors (Lipinski definition) is 4. The molecule has 0 aliphatic heterocycles. The van der Waals surface area contributed by atoms with E-state index in [0.717, 1.165) is 12.8 Å². The summed E-state index contributed by atoms with van der Waals surface area (Å²) in [5.41, 5.74) is -0.193. The molecule has 5 heteroatoms. The molecular weight excluding hydrogens is 244 g/mol. The normalized spacial score (nSPS) is 14.2. The van der Waals surface area contributed by atoms with Crippen LogP contribution in [-0.4, -0.2) is 17.1 Å². The standard InChI is InChI=1S/C14H14N2O3/c1-18-10-4-2-3-5-11(10)19-13-8-12(17)15-14(16-13)9-6-7-9/h2-5,8-9H,6-7H2,1H3,(H,15,16,17). The van der Waals surface area contributed by atoms with Crippen molar-refractivity contribution in [1.29, 1.82) is 0 Å². The summed E-state index contributed by atoms with van der Waals surface area (Å²) in [5, 5.41) is 0. The number of nitrogens with one attached hydrogen (secondary N) is 1. The summed E-state index contributed by atoms with van der Waals surface area (Å²) in [6, 6.07) is 8.61. The molecule has 0 spiro atoms. The molecule has 1 fully saturated rings. The van der Waals surface area contributed by atoms with E-state index in [9.17, 15) is 4.79 Å². The van der Waals surface area contributed by atoms with E-state index in [-0.39, 0.29) is 5.56 Å². The summed E-state index contributed by atoms with van der Waals surface area (Å²) in [6.45, 7) is 0. The largest absolute Gasteiger partial charge is 0.493 e. The second kappa shape index (κ2) is 4.76. The Kier molecular flexibility index (Phi) is 2.95. The minimum atomic E-state index is -0.193. The first-order valence-corrected chi connectivity index (χ1v) is 6.18. The number of aromatic nitrogens is 2.